The fourth-order valence-electron chi connectivity index (χ4n) is 22.1. The molecule has 2 spiro atoms. The van der Waals surface area contributed by atoms with E-state index in [1.54, 1.807) is 6.08 Å². The molecule has 362 valence electrons. The smallest absolute Gasteiger partial charge is 0.331 e. The number of esters is 1. The van der Waals surface area contributed by atoms with Crippen LogP contribution in [0.15, 0.2) is 52.6 Å². The highest BCUT2D eigenvalue weighted by Gasteiger charge is 2.89. The standard InChI is InChI=1S/C59H73NO8/c1-31(33-8-3-4-9-33)35-14-16-45-53(64)54-19-17-32(25-54)20-36-13-15-40-44-28-55-18-6-5-10-34-11-7-12-37(29-61)41(34)23-46(60-2)42-22-38(49(55)43-24-47(63)68-50(42)43)26-58(55,66)57(65)27-39(21-35)59(45,67)56(30-62,51(44)57)52(54)48(36)40/h7,11-12,15,24,30-33,35,38-39,42,44-46,49-53,60-61,64-67H,3-4,6,8-9,13-14,16-23,25-29H2,1-2H3. The van der Waals surface area contributed by atoms with Gasteiger partial charge in [-0.05, 0) is 178 Å². The first-order chi connectivity index (χ1) is 32.8. The van der Waals surface area contributed by atoms with Crippen LogP contribution in [0.3, 0.4) is 0 Å². The minimum Gasteiger partial charge on any atom is -0.454 e. The average molecular weight is 924 g/mol. The van der Waals surface area contributed by atoms with Crippen molar-refractivity contribution < 1.29 is 39.9 Å². The largest absolute Gasteiger partial charge is 0.454 e. The van der Waals surface area contributed by atoms with Gasteiger partial charge in [-0.15, -0.1) is 0 Å². The second-order valence-corrected chi connectivity index (χ2v) is 25.7. The molecular weight excluding hydrogens is 851 g/mol. The molecule has 1 heterocycles. The molecule has 0 aromatic heterocycles. The van der Waals surface area contributed by atoms with Gasteiger partial charge in [0.05, 0.1) is 29.3 Å². The third kappa shape index (κ3) is 4.98. The van der Waals surface area contributed by atoms with Gasteiger partial charge in [0.2, 0.25) is 0 Å². The number of rotatable bonds is 5. The van der Waals surface area contributed by atoms with Gasteiger partial charge in [-0.3, -0.25) is 0 Å². The van der Waals surface area contributed by atoms with Gasteiger partial charge < -0.3 is 40.4 Å². The maximum absolute atomic E-state index is 15.5. The Hall–Kier alpha value is -3.10. The first-order valence-corrected chi connectivity index (χ1v) is 27.4. The van der Waals surface area contributed by atoms with Crippen molar-refractivity contribution >= 4 is 12.3 Å². The first kappa shape index (κ1) is 43.7. The summed E-state index contributed by atoms with van der Waals surface area (Å²) in [5.41, 5.74) is -0.495. The lowest BCUT2D eigenvalue weighted by Crippen LogP contribution is -2.86. The number of aliphatic hydroxyl groups excluding tert-OH is 2. The zero-order chi connectivity index (χ0) is 46.5. The Morgan fingerprint density at radius 1 is 0.985 bits per heavy atom. The Kier molecular flexibility index (Phi) is 9.33. The zero-order valence-electron chi connectivity index (χ0n) is 40.2. The molecule has 9 nitrogen and oxygen atoms in total. The van der Waals surface area contributed by atoms with Gasteiger partial charge in [-0.1, -0.05) is 68.2 Å². The number of likely N-dealkylation sites (N-methyl/N-ethyl adjacent to an activating group) is 1. The van der Waals surface area contributed by atoms with Crippen molar-refractivity contribution in [3.05, 3.63) is 69.3 Å². The minimum atomic E-state index is -1.77. The second kappa shape index (κ2) is 14.5. The average Bonchev–Trinajstić information content (AvgIpc) is 4.17. The van der Waals surface area contributed by atoms with E-state index in [-0.39, 0.29) is 54.6 Å². The second-order valence-electron chi connectivity index (χ2n) is 25.7. The van der Waals surface area contributed by atoms with Crippen LogP contribution >= 0.6 is 0 Å². The van der Waals surface area contributed by atoms with E-state index in [0.29, 0.717) is 69.1 Å². The first-order valence-electron chi connectivity index (χ1n) is 27.4. The molecule has 1 aromatic carbocycles. The molecule has 1 aromatic rings. The SMILES string of the molecule is CNC1Cc2c(cccc2CO)C#CCCC23CC4C5=CCC6=C5C5C7(CCC(C6)C7)C(O)C6CCC(C(C)C7CCCC7)CC7CC(O)(C4C5(C=O)C76O)C2(O)CC2CC1C1OC(=O)C=C1C23. The summed E-state index contributed by atoms with van der Waals surface area (Å²) in [4.78, 5) is 29.4. The number of allylic oxidation sites excluding steroid dienone is 4. The van der Waals surface area contributed by atoms with Crippen LogP contribution in [0.25, 0.3) is 0 Å². The fraction of sp³-hybridized carbons (Fsp3) is 0.729. The van der Waals surface area contributed by atoms with Crippen molar-refractivity contribution in [2.75, 3.05) is 7.05 Å². The van der Waals surface area contributed by atoms with Crippen LogP contribution in [0.1, 0.15) is 139 Å². The van der Waals surface area contributed by atoms with Gasteiger partial charge >= 0.3 is 5.97 Å². The van der Waals surface area contributed by atoms with Crippen LogP contribution in [0.5, 0.6) is 0 Å². The number of ether oxygens (including phenoxy) is 1. The molecule has 9 saturated carbocycles. The molecule has 20 unspecified atom stereocenters. The summed E-state index contributed by atoms with van der Waals surface area (Å²) < 4.78 is 6.44. The monoisotopic (exact) mass is 924 g/mol. The summed E-state index contributed by atoms with van der Waals surface area (Å²) >= 11 is 0. The van der Waals surface area contributed by atoms with Gasteiger partial charge in [-0.25, -0.2) is 4.79 Å². The Labute approximate surface area is 402 Å². The number of fused-ring (bicyclic) bond motifs is 6. The van der Waals surface area contributed by atoms with Crippen LogP contribution in [-0.4, -0.2) is 79.9 Å². The molecule has 20 atom stereocenters. The van der Waals surface area contributed by atoms with Gasteiger partial charge in [0, 0.05) is 58.6 Å². The molecule has 0 saturated heterocycles. The summed E-state index contributed by atoms with van der Waals surface area (Å²) in [6.45, 7) is 2.32. The van der Waals surface area contributed by atoms with Crippen LogP contribution in [0.2, 0.25) is 0 Å². The Bertz CT molecular complexity index is 2550. The molecule has 6 bridgehead atoms. The van der Waals surface area contributed by atoms with E-state index in [0.717, 1.165) is 67.1 Å². The Morgan fingerprint density at radius 3 is 2.62 bits per heavy atom. The summed E-state index contributed by atoms with van der Waals surface area (Å²) in [5, 5.41) is 72.2. The van der Waals surface area contributed by atoms with Crippen LogP contribution < -0.4 is 5.32 Å². The lowest BCUT2D eigenvalue weighted by molar-refractivity contribution is -0.377. The summed E-state index contributed by atoms with van der Waals surface area (Å²) in [6.07, 6.45) is 18.8. The topological polar surface area (TPSA) is 157 Å². The van der Waals surface area contributed by atoms with Gasteiger partial charge in [0.15, 0.2) is 0 Å². The van der Waals surface area contributed by atoms with Gasteiger partial charge in [0.1, 0.15) is 18.0 Å². The van der Waals surface area contributed by atoms with E-state index in [9.17, 15) is 25.2 Å². The molecule has 6 N–H and O–H groups in total. The predicted octanol–water partition coefficient (Wildman–Crippen LogP) is 7.05. The summed E-state index contributed by atoms with van der Waals surface area (Å²) in [6, 6.07) is 5.82. The molecule has 9 fully saturated rings. The molecule has 9 heteroatoms. The van der Waals surface area contributed by atoms with Crippen molar-refractivity contribution in [1.29, 1.82) is 0 Å². The molecule has 14 aliphatic rings. The Balaban J connectivity index is 1.01. The number of aldehydes is 1. The summed E-state index contributed by atoms with van der Waals surface area (Å²) in [7, 11) is 1.96. The number of nitrogens with one attached hydrogen (secondary N) is 1. The highest BCUT2D eigenvalue weighted by atomic mass is 16.5. The Morgan fingerprint density at radius 2 is 1.82 bits per heavy atom. The van der Waals surface area contributed by atoms with E-state index >= 15 is 9.90 Å². The van der Waals surface area contributed by atoms with Crippen LogP contribution in [-0.2, 0) is 27.4 Å². The third-order valence-corrected chi connectivity index (χ3v) is 24.2. The van der Waals surface area contributed by atoms with Crippen LogP contribution in [0.4, 0.5) is 0 Å². The molecule has 15 rings (SSSR count). The molecule has 1 aliphatic heterocycles. The lowest BCUT2D eigenvalue weighted by Gasteiger charge is -2.79. The number of hydrogen-bond donors (Lipinski definition) is 6. The summed E-state index contributed by atoms with van der Waals surface area (Å²) in [5.74, 6) is 5.46. The number of carbonyl (C=O) groups is 2. The fourth-order valence-corrected chi connectivity index (χ4v) is 22.1. The highest BCUT2D eigenvalue weighted by molar-refractivity contribution is 5.86. The van der Waals surface area contributed by atoms with E-state index in [1.165, 1.54) is 42.4 Å². The van der Waals surface area contributed by atoms with E-state index in [1.807, 2.05) is 25.2 Å². The van der Waals surface area contributed by atoms with E-state index in [4.69, 9.17) is 4.74 Å². The van der Waals surface area contributed by atoms with Crippen molar-refractivity contribution in [3.63, 3.8) is 0 Å². The third-order valence-electron chi connectivity index (χ3n) is 24.2. The van der Waals surface area contributed by atoms with Gasteiger partial charge in [-0.2, -0.15) is 0 Å². The minimum absolute atomic E-state index is 0.0961. The van der Waals surface area contributed by atoms with E-state index < -0.39 is 68.9 Å². The van der Waals surface area contributed by atoms with Crippen LogP contribution in [0, 0.1) is 99.1 Å². The number of benzene rings is 1. The molecule has 0 amide bonds. The van der Waals surface area contributed by atoms with Crippen molar-refractivity contribution in [2.45, 2.75) is 171 Å². The maximum atomic E-state index is 15.5. The predicted molar refractivity (Wildman–Crippen MR) is 254 cm³/mol. The van der Waals surface area contributed by atoms with Crippen molar-refractivity contribution in [2.24, 2.45) is 87.3 Å². The van der Waals surface area contributed by atoms with Crippen molar-refractivity contribution in [1.82, 2.24) is 5.32 Å². The lowest BCUT2D eigenvalue weighted by atomic mass is 9.26. The number of hydrogen-bond acceptors (Lipinski definition) is 9. The van der Waals surface area contributed by atoms with Crippen molar-refractivity contribution in [3.8, 4) is 11.8 Å². The highest BCUT2D eigenvalue weighted by Crippen LogP contribution is 2.85. The normalized spacial score (nSPS) is 51.5. The molecule has 13 aliphatic carbocycles. The molecular formula is C59H73NO8. The number of carbonyl (C=O) groups excluding carboxylic acids is 2. The number of aliphatic hydroxyl groups is 5. The molecule has 68 heavy (non-hydrogen) atoms. The van der Waals surface area contributed by atoms with Gasteiger partial charge in [0.25, 0.3) is 0 Å². The maximum Gasteiger partial charge on any atom is 0.331 e. The van der Waals surface area contributed by atoms with E-state index in [2.05, 4.69) is 30.2 Å². The quantitative estimate of drug-likeness (QED) is 0.104. The zero-order valence-corrected chi connectivity index (χ0v) is 40.2. The molecule has 0 radical (unpaired) electrons.